The molecule has 11 heteroatoms. The molecule has 0 radical (unpaired) electrons. The van der Waals surface area contributed by atoms with Crippen molar-refractivity contribution in [3.05, 3.63) is 93.0 Å². The number of nitro benzene ring substituents is 1. The van der Waals surface area contributed by atoms with Gasteiger partial charge in [-0.05, 0) is 50.2 Å². The highest BCUT2D eigenvalue weighted by molar-refractivity contribution is 6.11. The van der Waals surface area contributed by atoms with Crippen LogP contribution in [0.2, 0.25) is 0 Å². The van der Waals surface area contributed by atoms with Crippen molar-refractivity contribution in [2.75, 3.05) is 30.1 Å². The van der Waals surface area contributed by atoms with Crippen LogP contribution in [0.15, 0.2) is 65.7 Å². The molecule has 0 atom stereocenters. The number of ether oxygens (including phenoxy) is 2. The minimum atomic E-state index is -0.652. The minimum absolute atomic E-state index is 0.0405. The van der Waals surface area contributed by atoms with Crippen LogP contribution >= 0.6 is 0 Å². The summed E-state index contributed by atoms with van der Waals surface area (Å²) in [7, 11) is 1.48. The number of methoxy groups -OCH3 is 1. The average molecular weight is 518 g/mol. The van der Waals surface area contributed by atoms with E-state index in [-0.39, 0.29) is 35.0 Å². The third-order valence-electron chi connectivity index (χ3n) is 5.81. The van der Waals surface area contributed by atoms with Crippen molar-refractivity contribution >= 4 is 40.5 Å². The summed E-state index contributed by atoms with van der Waals surface area (Å²) in [6.45, 7) is 4.47. The van der Waals surface area contributed by atoms with Crippen molar-refractivity contribution in [2.45, 2.75) is 26.0 Å². The van der Waals surface area contributed by atoms with Gasteiger partial charge in [-0.3, -0.25) is 19.7 Å². The monoisotopic (exact) mass is 517 g/mol. The van der Waals surface area contributed by atoms with Gasteiger partial charge in [0, 0.05) is 30.0 Å². The SMILES string of the molecule is COCc1cc(C(=O)Nc2ccccc2C2=NC(C)(C)CO2)ccc1NC(=O)c1cccc([N+](=O)[O-])c1N. The Hall–Kier alpha value is -4.77. The Morgan fingerprint density at radius 2 is 1.82 bits per heavy atom. The van der Waals surface area contributed by atoms with Crippen LogP contribution in [0.5, 0.6) is 0 Å². The second kappa shape index (κ2) is 10.7. The molecule has 0 spiro atoms. The number of nitrogens with one attached hydrogen (secondary N) is 2. The number of anilines is 3. The van der Waals surface area contributed by atoms with E-state index in [0.717, 1.165) is 0 Å². The smallest absolute Gasteiger partial charge is 0.292 e. The van der Waals surface area contributed by atoms with Gasteiger partial charge in [-0.25, -0.2) is 4.99 Å². The fourth-order valence-electron chi connectivity index (χ4n) is 3.93. The summed E-state index contributed by atoms with van der Waals surface area (Å²) in [6.07, 6.45) is 0. The van der Waals surface area contributed by atoms with Gasteiger partial charge in [0.15, 0.2) is 0 Å². The number of nitrogens with two attached hydrogens (primary N) is 1. The van der Waals surface area contributed by atoms with E-state index in [9.17, 15) is 19.7 Å². The molecular weight excluding hydrogens is 490 g/mol. The van der Waals surface area contributed by atoms with Crippen LogP contribution < -0.4 is 16.4 Å². The molecule has 0 unspecified atom stereocenters. The molecule has 0 aromatic heterocycles. The molecule has 1 heterocycles. The highest BCUT2D eigenvalue weighted by atomic mass is 16.6. The molecule has 1 aliphatic rings. The molecule has 196 valence electrons. The zero-order valence-electron chi connectivity index (χ0n) is 21.1. The second-order valence-electron chi connectivity index (χ2n) is 9.27. The molecule has 0 fully saturated rings. The van der Waals surface area contributed by atoms with Gasteiger partial charge in [-0.2, -0.15) is 0 Å². The van der Waals surface area contributed by atoms with Gasteiger partial charge >= 0.3 is 0 Å². The van der Waals surface area contributed by atoms with Crippen molar-refractivity contribution < 1.29 is 24.0 Å². The number of hydrogen-bond acceptors (Lipinski definition) is 8. The molecule has 38 heavy (non-hydrogen) atoms. The Labute approximate surface area is 218 Å². The quantitative estimate of drug-likeness (QED) is 0.227. The Balaban J connectivity index is 1.57. The topological polar surface area (TPSA) is 158 Å². The number of aliphatic imine (C=N–C) groups is 1. The van der Waals surface area contributed by atoms with E-state index in [1.807, 2.05) is 26.0 Å². The first kappa shape index (κ1) is 26.3. The van der Waals surface area contributed by atoms with Crippen molar-refractivity contribution in [1.82, 2.24) is 0 Å². The number of nitrogens with zero attached hydrogens (tertiary/aromatic N) is 2. The molecule has 0 bridgehead atoms. The molecule has 0 saturated carbocycles. The maximum absolute atomic E-state index is 13.2. The Morgan fingerprint density at radius 1 is 1.08 bits per heavy atom. The Kier molecular flexibility index (Phi) is 7.40. The van der Waals surface area contributed by atoms with Crippen LogP contribution in [0.3, 0.4) is 0 Å². The molecule has 4 rings (SSSR count). The Morgan fingerprint density at radius 3 is 2.50 bits per heavy atom. The number of amides is 2. The van der Waals surface area contributed by atoms with E-state index in [2.05, 4.69) is 15.6 Å². The summed E-state index contributed by atoms with van der Waals surface area (Å²) in [5.41, 5.74) is 7.29. The zero-order valence-corrected chi connectivity index (χ0v) is 21.1. The van der Waals surface area contributed by atoms with Crippen LogP contribution in [0.25, 0.3) is 0 Å². The first-order valence-corrected chi connectivity index (χ1v) is 11.7. The first-order valence-electron chi connectivity index (χ1n) is 11.7. The predicted molar refractivity (Wildman–Crippen MR) is 144 cm³/mol. The van der Waals surface area contributed by atoms with Gasteiger partial charge in [0.25, 0.3) is 17.5 Å². The molecule has 0 aliphatic carbocycles. The lowest BCUT2D eigenvalue weighted by atomic mass is 10.1. The van der Waals surface area contributed by atoms with Crippen molar-refractivity contribution in [3.63, 3.8) is 0 Å². The maximum atomic E-state index is 13.2. The van der Waals surface area contributed by atoms with Crippen molar-refractivity contribution in [3.8, 4) is 0 Å². The van der Waals surface area contributed by atoms with E-state index < -0.39 is 10.8 Å². The lowest BCUT2D eigenvalue weighted by molar-refractivity contribution is -0.383. The van der Waals surface area contributed by atoms with E-state index in [0.29, 0.717) is 40.6 Å². The normalized spacial score (nSPS) is 13.8. The van der Waals surface area contributed by atoms with E-state index in [1.54, 1.807) is 30.3 Å². The fraction of sp³-hybridized carbons (Fsp3) is 0.222. The van der Waals surface area contributed by atoms with Crippen LogP contribution in [0.1, 0.15) is 45.7 Å². The second-order valence-corrected chi connectivity index (χ2v) is 9.27. The van der Waals surface area contributed by atoms with Gasteiger partial charge in [0.2, 0.25) is 5.90 Å². The lowest BCUT2D eigenvalue weighted by Gasteiger charge is -2.14. The third-order valence-corrected chi connectivity index (χ3v) is 5.81. The average Bonchev–Trinajstić information content (AvgIpc) is 3.24. The third kappa shape index (κ3) is 5.62. The van der Waals surface area contributed by atoms with Gasteiger partial charge in [0.05, 0.1) is 33.9 Å². The van der Waals surface area contributed by atoms with Crippen molar-refractivity contribution in [1.29, 1.82) is 0 Å². The standard InChI is InChI=1S/C27H27N5O6/c1-27(2)15-38-26(31-27)18-7-4-5-9-21(18)30-24(33)16-11-12-20(17(13-16)14-37-3)29-25(34)19-8-6-10-22(23(19)28)32(35)36/h4-13H,14-15,28H2,1-3H3,(H,29,34)(H,30,33). The molecule has 3 aromatic rings. The van der Waals surface area contributed by atoms with E-state index >= 15 is 0 Å². The number of benzene rings is 3. The highest BCUT2D eigenvalue weighted by Gasteiger charge is 2.28. The number of nitrogen functional groups attached to an aromatic ring is 1. The summed E-state index contributed by atoms with van der Waals surface area (Å²) in [4.78, 5) is 41.2. The molecular formula is C27H27N5O6. The predicted octanol–water partition coefficient (Wildman–Crippen LogP) is 4.38. The number of para-hydroxylation sites is 2. The minimum Gasteiger partial charge on any atom is -0.475 e. The molecule has 2 amide bonds. The molecule has 1 aliphatic heterocycles. The number of nitro groups is 1. The lowest BCUT2D eigenvalue weighted by Crippen LogP contribution is -2.18. The summed E-state index contributed by atoms with van der Waals surface area (Å²) < 4.78 is 11.0. The number of carbonyl (C=O) groups is 2. The molecule has 3 aromatic carbocycles. The summed E-state index contributed by atoms with van der Waals surface area (Å²) in [6, 6.07) is 15.9. The van der Waals surface area contributed by atoms with E-state index in [4.69, 9.17) is 15.2 Å². The van der Waals surface area contributed by atoms with E-state index in [1.165, 1.54) is 25.3 Å². The van der Waals surface area contributed by atoms with Crippen LogP contribution in [-0.4, -0.2) is 41.9 Å². The molecule has 0 saturated heterocycles. The molecule has 4 N–H and O–H groups in total. The number of carbonyl (C=O) groups excluding carboxylic acids is 2. The van der Waals surface area contributed by atoms with Crippen LogP contribution in [0, 0.1) is 10.1 Å². The van der Waals surface area contributed by atoms with Crippen LogP contribution in [-0.2, 0) is 16.1 Å². The number of rotatable bonds is 8. The van der Waals surface area contributed by atoms with Crippen molar-refractivity contribution in [2.24, 2.45) is 4.99 Å². The van der Waals surface area contributed by atoms with Gasteiger partial charge in [-0.15, -0.1) is 0 Å². The first-order chi connectivity index (χ1) is 18.1. The number of hydrogen-bond donors (Lipinski definition) is 3. The van der Waals surface area contributed by atoms with Crippen LogP contribution in [0.4, 0.5) is 22.7 Å². The maximum Gasteiger partial charge on any atom is 0.292 e. The Bertz CT molecular complexity index is 1450. The van der Waals surface area contributed by atoms with Gasteiger partial charge in [-0.1, -0.05) is 18.2 Å². The summed E-state index contributed by atoms with van der Waals surface area (Å²) in [5.74, 6) is -0.548. The summed E-state index contributed by atoms with van der Waals surface area (Å²) >= 11 is 0. The molecule has 11 nitrogen and oxygen atoms in total. The van der Waals surface area contributed by atoms with Gasteiger partial charge in [0.1, 0.15) is 12.3 Å². The summed E-state index contributed by atoms with van der Waals surface area (Å²) in [5, 5.41) is 16.8. The fourth-order valence-corrected chi connectivity index (χ4v) is 3.93. The zero-order chi connectivity index (χ0) is 27.4. The van der Waals surface area contributed by atoms with Gasteiger partial charge < -0.3 is 25.8 Å². The largest absolute Gasteiger partial charge is 0.475 e. The highest BCUT2D eigenvalue weighted by Crippen LogP contribution is 2.28.